The number of carbonyl (C=O) groups is 4. The third kappa shape index (κ3) is 14.1. The molecule has 3 rings (SSSR count). The highest BCUT2D eigenvalue weighted by atomic mass is 16.7. The van der Waals surface area contributed by atoms with Gasteiger partial charge in [-0.05, 0) is 49.7 Å². The molecule has 3 aromatic carbocycles. The van der Waals surface area contributed by atoms with E-state index in [0.717, 1.165) is 0 Å². The van der Waals surface area contributed by atoms with Crippen LogP contribution >= 0.6 is 0 Å². The lowest BCUT2D eigenvalue weighted by molar-refractivity contribution is -0.186. The number of aromatic carboxylic acids is 1. The molecule has 3 aromatic rings. The van der Waals surface area contributed by atoms with Crippen molar-refractivity contribution in [2.24, 2.45) is 0 Å². The van der Waals surface area contributed by atoms with Gasteiger partial charge < -0.3 is 24.1 Å². The molecule has 1 N–H and O–H groups in total. The average Bonchev–Trinajstić information content (AvgIpc) is 2.96. The summed E-state index contributed by atoms with van der Waals surface area (Å²) in [4.78, 5) is 43.5. The first-order chi connectivity index (χ1) is 18.7. The molecule has 0 saturated heterocycles. The summed E-state index contributed by atoms with van der Waals surface area (Å²) in [5.41, 5.74) is 1.41. The molecule has 2 unspecified atom stereocenters. The van der Waals surface area contributed by atoms with E-state index in [1.165, 1.54) is 14.0 Å². The van der Waals surface area contributed by atoms with E-state index >= 15 is 0 Å². The van der Waals surface area contributed by atoms with E-state index in [-0.39, 0.29) is 18.7 Å². The zero-order valence-corrected chi connectivity index (χ0v) is 22.4. The summed E-state index contributed by atoms with van der Waals surface area (Å²) in [6, 6.07) is 25.9. The Kier molecular flexibility index (Phi) is 15.6. The maximum Gasteiger partial charge on any atom is 0.338 e. The van der Waals surface area contributed by atoms with E-state index < -0.39 is 24.2 Å². The first-order valence-corrected chi connectivity index (χ1v) is 12.1. The van der Waals surface area contributed by atoms with Crippen LogP contribution in [0.3, 0.4) is 0 Å². The van der Waals surface area contributed by atoms with Gasteiger partial charge in [0.1, 0.15) is 6.61 Å². The van der Waals surface area contributed by atoms with Crippen LogP contribution < -0.4 is 0 Å². The molecule has 0 aromatic heterocycles. The van der Waals surface area contributed by atoms with E-state index in [0.29, 0.717) is 23.1 Å². The van der Waals surface area contributed by atoms with E-state index in [4.69, 9.17) is 19.3 Å². The molecular weight excluding hydrogens is 504 g/mol. The molecule has 0 saturated carbocycles. The molecule has 0 bridgehead atoms. The number of benzene rings is 3. The molecule has 9 heteroatoms. The number of hydrogen-bond donors (Lipinski definition) is 1. The Bertz CT molecular complexity index is 1130. The van der Waals surface area contributed by atoms with Crippen molar-refractivity contribution < 1.29 is 43.2 Å². The van der Waals surface area contributed by atoms with E-state index in [2.05, 4.69) is 4.74 Å². The van der Waals surface area contributed by atoms with Crippen LogP contribution in [0.1, 0.15) is 58.3 Å². The van der Waals surface area contributed by atoms with Crippen molar-refractivity contribution in [1.29, 1.82) is 0 Å². The Hall–Kier alpha value is -4.50. The number of hydrogen-bond acceptors (Lipinski definition) is 8. The molecule has 0 aliphatic rings. The number of carbonyl (C=O) groups excluding carboxylic acids is 3. The van der Waals surface area contributed by atoms with Gasteiger partial charge in [0.05, 0.1) is 29.9 Å². The summed E-state index contributed by atoms with van der Waals surface area (Å²) in [6.07, 6.45) is -0.321. The molecule has 0 radical (unpaired) electrons. The van der Waals surface area contributed by atoms with Gasteiger partial charge in [0, 0.05) is 6.92 Å². The predicted molar refractivity (Wildman–Crippen MR) is 144 cm³/mol. The molecule has 0 aliphatic carbocycles. The van der Waals surface area contributed by atoms with Gasteiger partial charge in [-0.1, -0.05) is 61.5 Å². The molecule has 2 atom stereocenters. The Balaban J connectivity index is 0.000000331. The van der Waals surface area contributed by atoms with Crippen LogP contribution in [-0.4, -0.2) is 55.1 Å². The minimum absolute atomic E-state index is 0.121. The monoisotopic (exact) mass is 538 g/mol. The third-order valence-electron chi connectivity index (χ3n) is 4.80. The lowest BCUT2D eigenvalue weighted by Crippen LogP contribution is -2.28. The number of ether oxygens (including phenoxy) is 4. The van der Waals surface area contributed by atoms with Crippen molar-refractivity contribution in [1.82, 2.24) is 0 Å². The van der Waals surface area contributed by atoms with Crippen molar-refractivity contribution in [3.8, 4) is 0 Å². The average molecular weight is 539 g/mol. The molecule has 0 heterocycles. The molecule has 39 heavy (non-hydrogen) atoms. The smallest absolute Gasteiger partial charge is 0.338 e. The number of rotatable bonds is 9. The van der Waals surface area contributed by atoms with Gasteiger partial charge in [-0.2, -0.15) is 0 Å². The Morgan fingerprint density at radius 3 is 1.54 bits per heavy atom. The summed E-state index contributed by atoms with van der Waals surface area (Å²) in [5, 5.41) is 8.38. The minimum atomic E-state index is -0.879. The van der Waals surface area contributed by atoms with Crippen LogP contribution in [0.2, 0.25) is 0 Å². The van der Waals surface area contributed by atoms with Gasteiger partial charge in [0.2, 0.25) is 6.29 Å². The topological polar surface area (TPSA) is 125 Å². The number of esters is 3. The van der Waals surface area contributed by atoms with Gasteiger partial charge in [-0.25, -0.2) is 14.4 Å². The van der Waals surface area contributed by atoms with Crippen molar-refractivity contribution in [3.63, 3.8) is 0 Å². The first kappa shape index (κ1) is 32.5. The minimum Gasteiger partial charge on any atom is -0.478 e. The van der Waals surface area contributed by atoms with Crippen molar-refractivity contribution in [3.05, 3.63) is 108 Å². The molecular formula is C30H34O9. The number of carboxylic acids is 1. The van der Waals surface area contributed by atoms with Crippen LogP contribution in [0.25, 0.3) is 0 Å². The van der Waals surface area contributed by atoms with Gasteiger partial charge in [-0.15, -0.1) is 0 Å². The lowest BCUT2D eigenvalue weighted by Gasteiger charge is -2.20. The van der Waals surface area contributed by atoms with Crippen molar-refractivity contribution in [2.45, 2.75) is 39.6 Å². The SMILES string of the molecule is CCC(COC(=O)c1ccccc1)OC(C)OC(C)=O.COC(=O)c1ccccc1.O=C(O)c1ccccc1. The first-order valence-electron chi connectivity index (χ1n) is 12.1. The lowest BCUT2D eigenvalue weighted by atomic mass is 10.2. The second-order valence-electron chi connectivity index (χ2n) is 7.84. The van der Waals surface area contributed by atoms with Gasteiger partial charge in [0.15, 0.2) is 0 Å². The summed E-state index contributed by atoms with van der Waals surface area (Å²) >= 11 is 0. The predicted octanol–water partition coefficient (Wildman–Crippen LogP) is 5.41. The summed E-state index contributed by atoms with van der Waals surface area (Å²) in [7, 11) is 1.37. The van der Waals surface area contributed by atoms with Crippen LogP contribution in [-0.2, 0) is 23.7 Å². The standard InChI is InChI=1S/C15H20O5.C8H8O2.C7H6O2/c1-4-14(20-12(3)19-11(2)16)10-18-15(17)13-8-6-5-7-9-13;1-10-8(9)7-5-3-2-4-6-7;8-7(9)6-4-2-1-3-5-6/h5-9,12,14H,4,10H2,1-3H3;2-6H,1H3;1-5H,(H,8,9). The summed E-state index contributed by atoms with van der Waals surface area (Å²) in [5.74, 6) is -1.97. The molecule has 0 fully saturated rings. The second kappa shape index (κ2) is 18.7. The van der Waals surface area contributed by atoms with E-state index in [9.17, 15) is 19.2 Å². The van der Waals surface area contributed by atoms with Crippen LogP contribution in [0.5, 0.6) is 0 Å². The van der Waals surface area contributed by atoms with Gasteiger partial charge >= 0.3 is 23.9 Å². The molecule has 208 valence electrons. The number of carboxylic acid groups (broad SMARTS) is 1. The highest BCUT2D eigenvalue weighted by Gasteiger charge is 2.16. The molecule has 0 aliphatic heterocycles. The highest BCUT2D eigenvalue weighted by Crippen LogP contribution is 2.08. The number of methoxy groups -OCH3 is 1. The van der Waals surface area contributed by atoms with Crippen molar-refractivity contribution in [2.75, 3.05) is 13.7 Å². The fourth-order valence-electron chi connectivity index (χ4n) is 2.88. The molecule has 0 amide bonds. The molecule has 9 nitrogen and oxygen atoms in total. The fourth-order valence-corrected chi connectivity index (χ4v) is 2.88. The molecule has 0 spiro atoms. The largest absolute Gasteiger partial charge is 0.478 e. The van der Waals surface area contributed by atoms with E-state index in [1.807, 2.05) is 19.1 Å². The second-order valence-corrected chi connectivity index (χ2v) is 7.84. The van der Waals surface area contributed by atoms with Crippen LogP contribution in [0.4, 0.5) is 0 Å². The van der Waals surface area contributed by atoms with Gasteiger partial charge in [0.25, 0.3) is 0 Å². The zero-order chi connectivity index (χ0) is 29.0. The van der Waals surface area contributed by atoms with Gasteiger partial charge in [-0.3, -0.25) is 4.79 Å². The highest BCUT2D eigenvalue weighted by molar-refractivity contribution is 5.89. The van der Waals surface area contributed by atoms with Crippen molar-refractivity contribution >= 4 is 23.9 Å². The van der Waals surface area contributed by atoms with Crippen LogP contribution in [0, 0.1) is 0 Å². The zero-order valence-electron chi connectivity index (χ0n) is 22.4. The Morgan fingerprint density at radius 1 is 0.744 bits per heavy atom. The Labute approximate surface area is 228 Å². The maximum absolute atomic E-state index is 11.8. The van der Waals surface area contributed by atoms with E-state index in [1.54, 1.807) is 85.8 Å². The quantitative estimate of drug-likeness (QED) is 0.216. The van der Waals surface area contributed by atoms with Crippen LogP contribution in [0.15, 0.2) is 91.0 Å². The summed E-state index contributed by atoms with van der Waals surface area (Å²) < 4.78 is 20.0. The Morgan fingerprint density at radius 2 is 1.18 bits per heavy atom. The summed E-state index contributed by atoms with van der Waals surface area (Å²) in [6.45, 7) is 4.97. The maximum atomic E-state index is 11.8. The third-order valence-corrected chi connectivity index (χ3v) is 4.80. The fraction of sp³-hybridized carbons (Fsp3) is 0.267. The normalized spacial score (nSPS) is 11.2.